The summed E-state index contributed by atoms with van der Waals surface area (Å²) in [5.41, 5.74) is -0.343. The molecule has 8 heteroatoms. The normalized spacial score (nSPS) is 16.2. The molecule has 1 N–H and O–H groups in total. The van der Waals surface area contributed by atoms with E-state index in [-0.39, 0.29) is 28.9 Å². The summed E-state index contributed by atoms with van der Waals surface area (Å²) in [5.74, 6) is -1.05. The Bertz CT molecular complexity index is 668. The third kappa shape index (κ3) is 5.18. The summed E-state index contributed by atoms with van der Waals surface area (Å²) in [7, 11) is 1.35. The van der Waals surface area contributed by atoms with E-state index in [0.717, 1.165) is 31.7 Å². The average Bonchev–Trinajstić information content (AvgIpc) is 2.89. The monoisotopic (exact) mass is 364 g/mol. The number of amides is 1. The SMILES string of the molecule is COc1ccc([N+](=O)[O-])cc1C(=O)O[C@@H](C)C(=O)NC1CCCCCC1. The molecule has 1 saturated carbocycles. The van der Waals surface area contributed by atoms with Gasteiger partial charge in [0.15, 0.2) is 6.10 Å². The summed E-state index contributed by atoms with van der Waals surface area (Å²) in [6.45, 7) is 1.48. The lowest BCUT2D eigenvalue weighted by atomic mass is 10.1. The molecule has 0 unspecified atom stereocenters. The first-order valence-electron chi connectivity index (χ1n) is 8.76. The van der Waals surface area contributed by atoms with Gasteiger partial charge >= 0.3 is 5.97 Å². The molecule has 0 saturated heterocycles. The van der Waals surface area contributed by atoms with Crippen LogP contribution in [0.25, 0.3) is 0 Å². The molecule has 142 valence electrons. The Hall–Kier alpha value is -2.64. The molecule has 0 aliphatic heterocycles. The number of benzene rings is 1. The minimum Gasteiger partial charge on any atom is -0.496 e. The molecule has 1 aliphatic rings. The summed E-state index contributed by atoms with van der Waals surface area (Å²) >= 11 is 0. The Morgan fingerprint density at radius 3 is 2.46 bits per heavy atom. The van der Waals surface area contributed by atoms with Crippen molar-refractivity contribution >= 4 is 17.6 Å². The fourth-order valence-corrected chi connectivity index (χ4v) is 2.99. The van der Waals surface area contributed by atoms with Crippen LogP contribution in [0.15, 0.2) is 18.2 Å². The minimum absolute atomic E-state index is 0.0872. The maximum absolute atomic E-state index is 12.4. The van der Waals surface area contributed by atoms with E-state index in [4.69, 9.17) is 9.47 Å². The van der Waals surface area contributed by atoms with Gasteiger partial charge in [0.05, 0.1) is 12.0 Å². The van der Waals surface area contributed by atoms with Crippen molar-refractivity contribution in [2.24, 2.45) is 0 Å². The lowest BCUT2D eigenvalue weighted by Crippen LogP contribution is -2.41. The van der Waals surface area contributed by atoms with Crippen LogP contribution in [-0.4, -0.2) is 36.1 Å². The number of hydrogen-bond donors (Lipinski definition) is 1. The molecule has 0 aromatic heterocycles. The number of nitrogens with one attached hydrogen (secondary N) is 1. The number of nitrogens with zero attached hydrogens (tertiary/aromatic N) is 1. The van der Waals surface area contributed by atoms with Crippen LogP contribution in [0.4, 0.5) is 5.69 Å². The molecule has 0 radical (unpaired) electrons. The largest absolute Gasteiger partial charge is 0.496 e. The van der Waals surface area contributed by atoms with Crippen molar-refractivity contribution in [1.29, 1.82) is 0 Å². The lowest BCUT2D eigenvalue weighted by molar-refractivity contribution is -0.384. The van der Waals surface area contributed by atoms with Crippen molar-refractivity contribution in [1.82, 2.24) is 5.32 Å². The van der Waals surface area contributed by atoms with E-state index in [9.17, 15) is 19.7 Å². The second kappa shape index (κ2) is 9.17. The number of hydrogen-bond acceptors (Lipinski definition) is 6. The van der Waals surface area contributed by atoms with Crippen molar-refractivity contribution < 1.29 is 24.0 Å². The molecule has 0 bridgehead atoms. The van der Waals surface area contributed by atoms with E-state index >= 15 is 0 Å². The van der Waals surface area contributed by atoms with Crippen LogP contribution in [0.2, 0.25) is 0 Å². The summed E-state index contributed by atoms with van der Waals surface area (Å²) < 4.78 is 10.2. The maximum atomic E-state index is 12.4. The van der Waals surface area contributed by atoms with Gasteiger partial charge in [0.25, 0.3) is 11.6 Å². The van der Waals surface area contributed by atoms with Crippen LogP contribution < -0.4 is 10.1 Å². The zero-order valence-corrected chi connectivity index (χ0v) is 15.0. The molecule has 1 aromatic rings. The second-order valence-corrected chi connectivity index (χ2v) is 6.39. The van der Waals surface area contributed by atoms with Gasteiger partial charge in [-0.1, -0.05) is 25.7 Å². The average molecular weight is 364 g/mol. The molecule has 1 amide bonds. The van der Waals surface area contributed by atoms with Gasteiger partial charge in [-0.05, 0) is 25.8 Å². The van der Waals surface area contributed by atoms with Crippen LogP contribution >= 0.6 is 0 Å². The standard InChI is InChI=1S/C18H24N2O6/c1-12(17(21)19-13-7-5-3-4-6-8-13)26-18(22)15-11-14(20(23)24)9-10-16(15)25-2/h9-13H,3-8H2,1-2H3,(H,19,21)/t12-/m0/s1. The van der Waals surface area contributed by atoms with Crippen LogP contribution in [-0.2, 0) is 9.53 Å². The lowest BCUT2D eigenvalue weighted by Gasteiger charge is -2.20. The van der Waals surface area contributed by atoms with E-state index in [1.807, 2.05) is 0 Å². The Balaban J connectivity index is 2.02. The first-order chi connectivity index (χ1) is 12.4. The number of nitro groups is 1. The van der Waals surface area contributed by atoms with Crippen LogP contribution in [0.1, 0.15) is 55.8 Å². The molecule has 0 spiro atoms. The van der Waals surface area contributed by atoms with Crippen molar-refractivity contribution in [2.45, 2.75) is 57.6 Å². The van der Waals surface area contributed by atoms with Gasteiger partial charge in [0.1, 0.15) is 11.3 Å². The van der Waals surface area contributed by atoms with Crippen molar-refractivity contribution in [2.75, 3.05) is 7.11 Å². The number of ether oxygens (including phenoxy) is 2. The first kappa shape index (κ1) is 19.7. The van der Waals surface area contributed by atoms with Gasteiger partial charge in [0.2, 0.25) is 0 Å². The quantitative estimate of drug-likeness (QED) is 0.360. The summed E-state index contributed by atoms with van der Waals surface area (Å²) in [5, 5.41) is 13.8. The van der Waals surface area contributed by atoms with Gasteiger partial charge in [-0.15, -0.1) is 0 Å². The number of methoxy groups -OCH3 is 1. The number of non-ortho nitro benzene ring substituents is 1. The fraction of sp³-hybridized carbons (Fsp3) is 0.556. The molecule has 0 heterocycles. The zero-order valence-electron chi connectivity index (χ0n) is 15.0. The number of carbonyl (C=O) groups excluding carboxylic acids is 2. The van der Waals surface area contributed by atoms with Crippen LogP contribution in [0.5, 0.6) is 5.75 Å². The third-order valence-corrected chi connectivity index (χ3v) is 4.47. The fourth-order valence-electron chi connectivity index (χ4n) is 2.99. The third-order valence-electron chi connectivity index (χ3n) is 4.47. The molecule has 1 fully saturated rings. The molecule has 8 nitrogen and oxygen atoms in total. The van der Waals surface area contributed by atoms with E-state index in [2.05, 4.69) is 5.32 Å². The highest BCUT2D eigenvalue weighted by Gasteiger charge is 2.25. The highest BCUT2D eigenvalue weighted by molar-refractivity contribution is 5.95. The Morgan fingerprint density at radius 1 is 1.23 bits per heavy atom. The Labute approximate surface area is 152 Å². The summed E-state index contributed by atoms with van der Waals surface area (Å²) in [6, 6.07) is 3.73. The number of esters is 1. The van der Waals surface area contributed by atoms with E-state index in [1.54, 1.807) is 0 Å². The molecule has 2 rings (SSSR count). The molecule has 1 atom stereocenters. The topological polar surface area (TPSA) is 108 Å². The van der Waals surface area contributed by atoms with Gasteiger partial charge < -0.3 is 14.8 Å². The summed E-state index contributed by atoms with van der Waals surface area (Å²) in [6.07, 6.45) is 5.33. The van der Waals surface area contributed by atoms with Crippen molar-refractivity contribution in [3.63, 3.8) is 0 Å². The number of rotatable bonds is 6. The Kier molecular flexibility index (Phi) is 6.94. The molecule has 26 heavy (non-hydrogen) atoms. The van der Waals surface area contributed by atoms with Gasteiger partial charge in [-0.25, -0.2) is 4.79 Å². The van der Waals surface area contributed by atoms with Gasteiger partial charge in [-0.2, -0.15) is 0 Å². The van der Waals surface area contributed by atoms with E-state index in [1.165, 1.54) is 39.0 Å². The molecule has 1 aromatic carbocycles. The summed E-state index contributed by atoms with van der Waals surface area (Å²) in [4.78, 5) is 34.9. The van der Waals surface area contributed by atoms with Gasteiger partial charge in [-0.3, -0.25) is 14.9 Å². The second-order valence-electron chi connectivity index (χ2n) is 6.39. The zero-order chi connectivity index (χ0) is 19.1. The van der Waals surface area contributed by atoms with E-state index in [0.29, 0.717) is 0 Å². The highest BCUT2D eigenvalue weighted by atomic mass is 16.6. The predicted octanol–water partition coefficient (Wildman–Crippen LogP) is 2.99. The van der Waals surface area contributed by atoms with E-state index < -0.39 is 17.0 Å². The van der Waals surface area contributed by atoms with Crippen molar-refractivity contribution in [3.05, 3.63) is 33.9 Å². The maximum Gasteiger partial charge on any atom is 0.342 e. The number of carbonyl (C=O) groups is 2. The van der Waals surface area contributed by atoms with Gasteiger partial charge in [0, 0.05) is 18.2 Å². The molecule has 1 aliphatic carbocycles. The molecular weight excluding hydrogens is 340 g/mol. The smallest absolute Gasteiger partial charge is 0.342 e. The number of nitro benzene ring substituents is 1. The van der Waals surface area contributed by atoms with Crippen LogP contribution in [0, 0.1) is 10.1 Å². The predicted molar refractivity (Wildman–Crippen MR) is 94.2 cm³/mol. The van der Waals surface area contributed by atoms with Crippen LogP contribution in [0.3, 0.4) is 0 Å². The minimum atomic E-state index is -1.00. The Morgan fingerprint density at radius 2 is 1.88 bits per heavy atom. The van der Waals surface area contributed by atoms with Crippen molar-refractivity contribution in [3.8, 4) is 5.75 Å². The highest BCUT2D eigenvalue weighted by Crippen LogP contribution is 2.25. The molecular formula is C18H24N2O6. The first-order valence-corrected chi connectivity index (χ1v) is 8.76.